The number of rotatable bonds is 9. The van der Waals surface area contributed by atoms with E-state index in [9.17, 15) is 18.0 Å². The first-order chi connectivity index (χ1) is 15.8. The van der Waals surface area contributed by atoms with Gasteiger partial charge in [0.05, 0.1) is 23.6 Å². The molecule has 0 bridgehead atoms. The van der Waals surface area contributed by atoms with Crippen molar-refractivity contribution in [1.29, 1.82) is 0 Å². The van der Waals surface area contributed by atoms with Gasteiger partial charge in [-0.15, -0.1) is 0 Å². The molecule has 0 aliphatic carbocycles. The summed E-state index contributed by atoms with van der Waals surface area (Å²) >= 11 is 0. The Hall–Kier alpha value is -3.49. The number of nitrogens with zero attached hydrogens (tertiary/aromatic N) is 1. The van der Waals surface area contributed by atoms with Crippen molar-refractivity contribution < 1.29 is 22.7 Å². The van der Waals surface area contributed by atoms with Gasteiger partial charge < -0.3 is 10.1 Å². The largest absolute Gasteiger partial charge is 0.462 e. The zero-order valence-corrected chi connectivity index (χ0v) is 19.3. The van der Waals surface area contributed by atoms with Gasteiger partial charge in [-0.25, -0.2) is 13.2 Å². The van der Waals surface area contributed by atoms with E-state index in [1.807, 2.05) is 37.3 Å². The van der Waals surface area contributed by atoms with Crippen molar-refractivity contribution in [2.24, 2.45) is 0 Å². The van der Waals surface area contributed by atoms with E-state index in [-0.39, 0.29) is 24.6 Å². The van der Waals surface area contributed by atoms with Gasteiger partial charge in [0.15, 0.2) is 0 Å². The quantitative estimate of drug-likeness (QED) is 0.481. The maximum Gasteiger partial charge on any atom is 0.338 e. The van der Waals surface area contributed by atoms with Crippen molar-refractivity contribution in [1.82, 2.24) is 4.31 Å². The molecule has 3 aromatic carbocycles. The second kappa shape index (κ2) is 10.9. The number of sulfonamides is 1. The van der Waals surface area contributed by atoms with Crippen LogP contribution in [0.5, 0.6) is 0 Å². The van der Waals surface area contributed by atoms with E-state index >= 15 is 0 Å². The van der Waals surface area contributed by atoms with Crippen LogP contribution in [0.25, 0.3) is 0 Å². The highest BCUT2D eigenvalue weighted by Gasteiger charge is 2.27. The molecular formula is C25H26N2O5S. The number of hydrogen-bond donors (Lipinski definition) is 1. The van der Waals surface area contributed by atoms with Gasteiger partial charge in [0.1, 0.15) is 0 Å². The number of carbonyl (C=O) groups is 2. The van der Waals surface area contributed by atoms with Crippen LogP contribution in [-0.4, -0.2) is 37.8 Å². The van der Waals surface area contributed by atoms with E-state index < -0.39 is 21.9 Å². The summed E-state index contributed by atoms with van der Waals surface area (Å²) in [6.45, 7) is 3.54. The van der Waals surface area contributed by atoms with Crippen LogP contribution in [-0.2, 0) is 26.1 Å². The normalized spacial score (nSPS) is 11.2. The van der Waals surface area contributed by atoms with Gasteiger partial charge in [-0.2, -0.15) is 4.31 Å². The van der Waals surface area contributed by atoms with Crippen LogP contribution in [0.4, 0.5) is 5.69 Å². The van der Waals surface area contributed by atoms with Crippen molar-refractivity contribution in [2.75, 3.05) is 18.5 Å². The molecule has 8 heteroatoms. The molecule has 1 N–H and O–H groups in total. The first-order valence-electron chi connectivity index (χ1n) is 10.5. The van der Waals surface area contributed by atoms with Crippen LogP contribution in [0.1, 0.15) is 28.4 Å². The first-order valence-corrected chi connectivity index (χ1v) is 11.9. The number of carbonyl (C=O) groups excluding carboxylic acids is 2. The zero-order chi connectivity index (χ0) is 23.8. The van der Waals surface area contributed by atoms with Crippen molar-refractivity contribution >= 4 is 27.6 Å². The second-order valence-electron chi connectivity index (χ2n) is 7.42. The Morgan fingerprint density at radius 2 is 1.55 bits per heavy atom. The van der Waals surface area contributed by atoms with Crippen LogP contribution in [0, 0.1) is 6.92 Å². The molecule has 0 fully saturated rings. The Morgan fingerprint density at radius 3 is 2.15 bits per heavy atom. The fourth-order valence-corrected chi connectivity index (χ4v) is 4.52. The van der Waals surface area contributed by atoms with Crippen LogP contribution in [0.3, 0.4) is 0 Å². The molecule has 0 saturated carbocycles. The van der Waals surface area contributed by atoms with Crippen LogP contribution in [0.2, 0.25) is 0 Å². The van der Waals surface area contributed by atoms with Gasteiger partial charge in [0, 0.05) is 12.2 Å². The molecule has 0 radical (unpaired) electrons. The van der Waals surface area contributed by atoms with Crippen molar-refractivity contribution in [2.45, 2.75) is 25.3 Å². The predicted octanol–water partition coefficient (Wildman–Crippen LogP) is 4.00. The Morgan fingerprint density at radius 1 is 0.909 bits per heavy atom. The predicted molar refractivity (Wildman–Crippen MR) is 126 cm³/mol. The summed E-state index contributed by atoms with van der Waals surface area (Å²) < 4.78 is 32.7. The van der Waals surface area contributed by atoms with Gasteiger partial charge >= 0.3 is 5.97 Å². The van der Waals surface area contributed by atoms with Crippen LogP contribution >= 0.6 is 0 Å². The topological polar surface area (TPSA) is 92.8 Å². The summed E-state index contributed by atoms with van der Waals surface area (Å²) in [6, 6.07) is 21.8. The Kier molecular flexibility index (Phi) is 7.97. The molecule has 7 nitrogen and oxygen atoms in total. The Labute approximate surface area is 194 Å². The van der Waals surface area contributed by atoms with Crippen molar-refractivity contribution in [3.8, 4) is 0 Å². The minimum absolute atomic E-state index is 0.0479. The van der Waals surface area contributed by atoms with E-state index in [4.69, 9.17) is 4.74 Å². The minimum atomic E-state index is -3.92. The van der Waals surface area contributed by atoms with E-state index in [0.717, 1.165) is 15.4 Å². The maximum atomic E-state index is 13.3. The summed E-state index contributed by atoms with van der Waals surface area (Å²) in [6.07, 6.45) is 0. The maximum absolute atomic E-state index is 13.3. The molecule has 172 valence electrons. The fourth-order valence-electron chi connectivity index (χ4n) is 3.14. The number of amides is 1. The molecule has 0 spiro atoms. The van der Waals surface area contributed by atoms with Crippen molar-refractivity contribution in [3.05, 3.63) is 95.6 Å². The number of benzene rings is 3. The molecule has 0 saturated heterocycles. The number of nitrogens with one attached hydrogen (secondary N) is 1. The van der Waals surface area contributed by atoms with Crippen LogP contribution < -0.4 is 5.32 Å². The molecule has 0 unspecified atom stereocenters. The average molecular weight is 467 g/mol. The monoisotopic (exact) mass is 466 g/mol. The van der Waals surface area contributed by atoms with Gasteiger partial charge in [0.2, 0.25) is 15.9 Å². The molecule has 0 aliphatic rings. The SMILES string of the molecule is CCOC(=O)c1ccc(NC(=O)CN(Cc2ccccc2)S(=O)(=O)c2ccc(C)cc2)cc1. The molecule has 0 atom stereocenters. The summed E-state index contributed by atoms with van der Waals surface area (Å²) in [5.41, 5.74) is 2.51. The summed E-state index contributed by atoms with van der Waals surface area (Å²) in [5, 5.41) is 2.69. The third kappa shape index (κ3) is 6.50. The number of anilines is 1. The molecular weight excluding hydrogens is 440 g/mol. The lowest BCUT2D eigenvalue weighted by molar-refractivity contribution is -0.116. The molecule has 0 heterocycles. The molecule has 1 amide bonds. The summed E-state index contributed by atoms with van der Waals surface area (Å²) in [5.74, 6) is -0.945. The van der Waals surface area contributed by atoms with E-state index in [1.54, 1.807) is 43.3 Å². The lowest BCUT2D eigenvalue weighted by Gasteiger charge is -2.22. The first kappa shape index (κ1) is 24.2. The third-order valence-corrected chi connectivity index (χ3v) is 6.67. The molecule has 33 heavy (non-hydrogen) atoms. The van der Waals surface area contributed by atoms with Crippen LogP contribution in [0.15, 0.2) is 83.8 Å². The molecule has 3 rings (SSSR count). The number of ether oxygens (including phenoxy) is 1. The highest BCUT2D eigenvalue weighted by molar-refractivity contribution is 7.89. The van der Waals surface area contributed by atoms with Gasteiger partial charge in [-0.05, 0) is 55.8 Å². The second-order valence-corrected chi connectivity index (χ2v) is 9.36. The summed E-state index contributed by atoms with van der Waals surface area (Å²) in [4.78, 5) is 24.7. The number of aryl methyl sites for hydroxylation is 1. The Balaban J connectivity index is 1.78. The highest BCUT2D eigenvalue weighted by atomic mass is 32.2. The summed E-state index contributed by atoms with van der Waals surface area (Å²) in [7, 11) is -3.92. The average Bonchev–Trinajstić information content (AvgIpc) is 2.80. The van der Waals surface area contributed by atoms with E-state index in [1.165, 1.54) is 12.1 Å². The smallest absolute Gasteiger partial charge is 0.338 e. The van der Waals surface area contributed by atoms with Crippen molar-refractivity contribution in [3.63, 3.8) is 0 Å². The molecule has 0 aliphatic heterocycles. The fraction of sp³-hybridized carbons (Fsp3) is 0.200. The lowest BCUT2D eigenvalue weighted by Crippen LogP contribution is -2.37. The van der Waals surface area contributed by atoms with Gasteiger partial charge in [-0.3, -0.25) is 4.79 Å². The van der Waals surface area contributed by atoms with E-state index in [2.05, 4.69) is 5.32 Å². The highest BCUT2D eigenvalue weighted by Crippen LogP contribution is 2.19. The molecule has 0 aromatic heterocycles. The third-order valence-electron chi connectivity index (χ3n) is 4.86. The van der Waals surface area contributed by atoms with Gasteiger partial charge in [0.25, 0.3) is 0 Å². The lowest BCUT2D eigenvalue weighted by atomic mass is 10.2. The standard InChI is InChI=1S/C25H26N2O5S/c1-3-32-25(29)21-11-13-22(14-12-21)26-24(28)18-27(17-20-7-5-4-6-8-20)33(30,31)23-15-9-19(2)10-16-23/h4-16H,3,17-18H2,1-2H3,(H,26,28). The number of esters is 1. The zero-order valence-electron chi connectivity index (χ0n) is 18.5. The minimum Gasteiger partial charge on any atom is -0.462 e. The Bertz CT molecular complexity index is 1190. The van der Waals surface area contributed by atoms with Gasteiger partial charge in [-0.1, -0.05) is 48.0 Å². The van der Waals surface area contributed by atoms with E-state index in [0.29, 0.717) is 11.3 Å². The number of hydrogen-bond acceptors (Lipinski definition) is 5. The molecule has 3 aromatic rings.